The summed E-state index contributed by atoms with van der Waals surface area (Å²) in [4.78, 5) is 23.5. The van der Waals surface area contributed by atoms with E-state index in [9.17, 15) is 13.2 Å². The van der Waals surface area contributed by atoms with Gasteiger partial charge in [0.2, 0.25) is 11.9 Å². The minimum Gasteiger partial charge on any atom is -0.369 e. The maximum atomic E-state index is 12.4. The van der Waals surface area contributed by atoms with E-state index < -0.39 is 21.5 Å². The molecule has 4 rings (SSSR count). The predicted octanol–water partition coefficient (Wildman–Crippen LogP) is -0.629. The first-order chi connectivity index (χ1) is 12.7. The normalized spacial score (nSPS) is 30.3. The molecule has 3 saturated heterocycles. The van der Waals surface area contributed by atoms with E-state index >= 15 is 0 Å². The minimum absolute atomic E-state index is 0.00489. The van der Waals surface area contributed by atoms with Crippen LogP contribution in [-0.4, -0.2) is 79.8 Å². The molecule has 3 aliphatic rings. The molecule has 1 spiro atoms. The molecule has 1 aromatic rings. The Labute approximate surface area is 158 Å². The van der Waals surface area contributed by atoms with Gasteiger partial charge in [-0.05, 0) is 19.9 Å². The van der Waals surface area contributed by atoms with Crippen LogP contribution in [0.1, 0.15) is 17.8 Å². The van der Waals surface area contributed by atoms with Crippen molar-refractivity contribution in [3.8, 4) is 0 Å². The average molecular weight is 396 g/mol. The van der Waals surface area contributed by atoms with Crippen LogP contribution >= 0.6 is 0 Å². The molecule has 0 aliphatic carbocycles. The zero-order valence-corrected chi connectivity index (χ0v) is 16.3. The number of carbonyl (C=O) groups excluding carboxylic acids is 1. The molecule has 2 unspecified atom stereocenters. The number of anilines is 1. The lowest BCUT2D eigenvalue weighted by Gasteiger charge is -2.39. The maximum absolute atomic E-state index is 12.4. The summed E-state index contributed by atoms with van der Waals surface area (Å²) in [7, 11) is -2.97. The molecule has 0 bridgehead atoms. The fraction of sp³-hybridized carbons (Fsp3) is 0.706. The molecule has 1 aromatic heterocycles. The van der Waals surface area contributed by atoms with E-state index in [2.05, 4.69) is 20.2 Å². The Kier molecular flexibility index (Phi) is 4.59. The van der Waals surface area contributed by atoms with Gasteiger partial charge in [-0.2, -0.15) is 0 Å². The Balaban J connectivity index is 1.39. The van der Waals surface area contributed by atoms with Gasteiger partial charge < -0.3 is 19.7 Å². The van der Waals surface area contributed by atoms with Crippen molar-refractivity contribution < 1.29 is 22.7 Å². The number of carbonyl (C=O) groups is 1. The minimum atomic E-state index is -2.97. The summed E-state index contributed by atoms with van der Waals surface area (Å²) in [6, 6.07) is 1.62. The molecule has 148 valence electrons. The van der Waals surface area contributed by atoms with Crippen LogP contribution in [0.4, 0.5) is 5.95 Å². The third-order valence-corrected chi connectivity index (χ3v) is 6.98. The number of nitrogens with zero attached hydrogens (tertiary/aromatic N) is 3. The average Bonchev–Trinajstić information content (AvgIpc) is 2.96. The van der Waals surface area contributed by atoms with Crippen molar-refractivity contribution in [1.82, 2.24) is 15.3 Å². The summed E-state index contributed by atoms with van der Waals surface area (Å²) in [5.74, 6) is 0.411. The SMILES string of the molecule is Cc1cc(C)nc(N2CCOC3(COC(C(=O)NC4CS(=O)(=O)C4)C3)C2)n1. The highest BCUT2D eigenvalue weighted by atomic mass is 32.2. The lowest BCUT2D eigenvalue weighted by molar-refractivity contribution is -0.130. The van der Waals surface area contributed by atoms with E-state index in [0.717, 1.165) is 11.4 Å². The Morgan fingerprint density at radius 3 is 2.67 bits per heavy atom. The number of hydrogen-bond donors (Lipinski definition) is 1. The Morgan fingerprint density at radius 1 is 1.30 bits per heavy atom. The molecule has 0 saturated carbocycles. The number of nitrogens with one attached hydrogen (secondary N) is 1. The van der Waals surface area contributed by atoms with E-state index in [0.29, 0.717) is 38.7 Å². The van der Waals surface area contributed by atoms with Crippen molar-refractivity contribution in [2.24, 2.45) is 0 Å². The molecule has 27 heavy (non-hydrogen) atoms. The number of ether oxygens (including phenoxy) is 2. The van der Waals surface area contributed by atoms with Gasteiger partial charge in [0, 0.05) is 24.4 Å². The largest absolute Gasteiger partial charge is 0.369 e. The van der Waals surface area contributed by atoms with Crippen LogP contribution in [0.15, 0.2) is 6.07 Å². The summed E-state index contributed by atoms with van der Waals surface area (Å²) in [6.07, 6.45) is -0.201. The summed E-state index contributed by atoms with van der Waals surface area (Å²) >= 11 is 0. The Bertz CT molecular complexity index is 829. The lowest BCUT2D eigenvalue weighted by Crippen LogP contribution is -2.56. The zero-order chi connectivity index (χ0) is 19.2. The zero-order valence-electron chi connectivity index (χ0n) is 15.5. The number of amides is 1. The van der Waals surface area contributed by atoms with Crippen LogP contribution in [0.2, 0.25) is 0 Å². The van der Waals surface area contributed by atoms with Gasteiger partial charge in [-0.25, -0.2) is 18.4 Å². The Morgan fingerprint density at radius 2 is 2.00 bits per heavy atom. The molecule has 0 aromatic carbocycles. The van der Waals surface area contributed by atoms with Gasteiger partial charge in [0.05, 0.1) is 37.3 Å². The second-order valence-electron chi connectivity index (χ2n) is 7.69. The number of morpholine rings is 1. The first-order valence-electron chi connectivity index (χ1n) is 9.07. The number of hydrogen-bond acceptors (Lipinski definition) is 8. The molecule has 4 heterocycles. The second-order valence-corrected chi connectivity index (χ2v) is 9.84. The molecule has 1 amide bonds. The molecular weight excluding hydrogens is 372 g/mol. The number of sulfone groups is 1. The highest BCUT2D eigenvalue weighted by Gasteiger charge is 2.48. The van der Waals surface area contributed by atoms with Crippen molar-refractivity contribution >= 4 is 21.7 Å². The summed E-state index contributed by atoms with van der Waals surface area (Å²) < 4.78 is 34.2. The molecule has 2 atom stereocenters. The smallest absolute Gasteiger partial charge is 0.249 e. The van der Waals surface area contributed by atoms with E-state index in [1.165, 1.54) is 0 Å². The van der Waals surface area contributed by atoms with Crippen molar-refractivity contribution in [3.63, 3.8) is 0 Å². The van der Waals surface area contributed by atoms with Crippen LogP contribution in [-0.2, 0) is 24.1 Å². The first-order valence-corrected chi connectivity index (χ1v) is 10.9. The molecular formula is C17H24N4O5S. The van der Waals surface area contributed by atoms with E-state index in [4.69, 9.17) is 9.47 Å². The number of rotatable bonds is 3. The fourth-order valence-corrected chi connectivity index (χ4v) is 5.19. The van der Waals surface area contributed by atoms with Crippen molar-refractivity contribution in [2.75, 3.05) is 42.7 Å². The van der Waals surface area contributed by atoms with E-state index in [1.54, 1.807) is 0 Å². The maximum Gasteiger partial charge on any atom is 0.249 e. The van der Waals surface area contributed by atoms with Crippen molar-refractivity contribution in [2.45, 2.75) is 38.0 Å². The van der Waals surface area contributed by atoms with Crippen molar-refractivity contribution in [3.05, 3.63) is 17.5 Å². The molecule has 1 N–H and O–H groups in total. The lowest BCUT2D eigenvalue weighted by atomic mass is 9.97. The monoisotopic (exact) mass is 396 g/mol. The first kappa shape index (κ1) is 18.6. The standard InChI is InChI=1S/C17H24N4O5S/c1-11-5-12(2)19-16(18-11)21-3-4-26-17(9-21)6-14(25-10-17)15(22)20-13-7-27(23,24)8-13/h5,13-14H,3-4,6-10H2,1-2H3,(H,20,22). The van der Waals surface area contributed by atoms with Crippen LogP contribution in [0, 0.1) is 13.8 Å². The van der Waals surface area contributed by atoms with Gasteiger partial charge in [0.25, 0.3) is 0 Å². The van der Waals surface area contributed by atoms with Crippen LogP contribution in [0.25, 0.3) is 0 Å². The number of aromatic nitrogens is 2. The van der Waals surface area contributed by atoms with Gasteiger partial charge in [0.1, 0.15) is 11.7 Å². The second kappa shape index (κ2) is 6.68. The topological polar surface area (TPSA) is 111 Å². The Hall–Kier alpha value is -1.78. The molecule has 3 fully saturated rings. The quantitative estimate of drug-likeness (QED) is 0.719. The van der Waals surface area contributed by atoms with Crippen LogP contribution in [0.3, 0.4) is 0 Å². The van der Waals surface area contributed by atoms with Crippen molar-refractivity contribution in [1.29, 1.82) is 0 Å². The molecule has 3 aliphatic heterocycles. The van der Waals surface area contributed by atoms with E-state index in [-0.39, 0.29) is 23.5 Å². The van der Waals surface area contributed by atoms with Gasteiger partial charge in [-0.15, -0.1) is 0 Å². The van der Waals surface area contributed by atoms with Gasteiger partial charge in [-0.3, -0.25) is 4.79 Å². The summed E-state index contributed by atoms with van der Waals surface area (Å²) in [5, 5.41) is 2.76. The third-order valence-electron chi connectivity index (χ3n) is 5.16. The summed E-state index contributed by atoms with van der Waals surface area (Å²) in [5.41, 5.74) is 1.24. The van der Waals surface area contributed by atoms with Gasteiger partial charge in [0.15, 0.2) is 9.84 Å². The highest BCUT2D eigenvalue weighted by molar-refractivity contribution is 7.92. The predicted molar refractivity (Wildman–Crippen MR) is 97.3 cm³/mol. The van der Waals surface area contributed by atoms with Crippen LogP contribution in [0.5, 0.6) is 0 Å². The molecule has 9 nitrogen and oxygen atoms in total. The van der Waals surface area contributed by atoms with Gasteiger partial charge in [-0.1, -0.05) is 0 Å². The third kappa shape index (κ3) is 3.92. The molecule has 10 heteroatoms. The van der Waals surface area contributed by atoms with E-state index in [1.807, 2.05) is 19.9 Å². The fourth-order valence-electron chi connectivity index (χ4n) is 3.89. The molecule has 0 radical (unpaired) electrons. The van der Waals surface area contributed by atoms with Crippen LogP contribution < -0.4 is 10.2 Å². The number of aryl methyl sites for hydroxylation is 2. The summed E-state index contributed by atoms with van der Waals surface area (Å²) in [6.45, 7) is 5.94. The highest BCUT2D eigenvalue weighted by Crippen LogP contribution is 2.33. The van der Waals surface area contributed by atoms with Gasteiger partial charge >= 0.3 is 0 Å².